The first-order chi connectivity index (χ1) is 6.09. The van der Waals surface area contributed by atoms with Crippen molar-refractivity contribution in [3.05, 3.63) is 28.8 Å². The summed E-state index contributed by atoms with van der Waals surface area (Å²) in [5.41, 5.74) is 2.05. The van der Waals surface area contributed by atoms with Gasteiger partial charge in [0, 0.05) is 19.1 Å². The first kappa shape index (κ1) is 13.3. The van der Waals surface area contributed by atoms with Gasteiger partial charge in [-0.1, -0.05) is 11.6 Å². The summed E-state index contributed by atoms with van der Waals surface area (Å²) in [7, 11) is 3.88. The van der Waals surface area contributed by atoms with Gasteiger partial charge < -0.3 is 4.90 Å². The highest BCUT2D eigenvalue weighted by Crippen LogP contribution is 2.21. The molecule has 4 heteroatoms. The minimum Gasteiger partial charge on any atom is -0.369 e. The SMILES string of the molecule is Cc1cc(Cl)ccc1/N=C\N(C)C.Cl. The number of halogens is 2. The maximum atomic E-state index is 5.82. The van der Waals surface area contributed by atoms with Crippen molar-refractivity contribution in [3.8, 4) is 0 Å². The minimum absolute atomic E-state index is 0. The van der Waals surface area contributed by atoms with Gasteiger partial charge >= 0.3 is 0 Å². The zero-order chi connectivity index (χ0) is 9.84. The maximum absolute atomic E-state index is 5.82. The van der Waals surface area contributed by atoms with Crippen LogP contribution in [-0.4, -0.2) is 25.3 Å². The third-order valence-corrected chi connectivity index (χ3v) is 1.82. The monoisotopic (exact) mass is 232 g/mol. The van der Waals surface area contributed by atoms with E-state index in [0.29, 0.717) is 0 Å². The molecule has 0 bridgehead atoms. The Labute approximate surface area is 96.0 Å². The molecule has 0 fully saturated rings. The van der Waals surface area contributed by atoms with Crippen molar-refractivity contribution in [1.82, 2.24) is 4.90 Å². The van der Waals surface area contributed by atoms with Gasteiger partial charge in [-0.2, -0.15) is 0 Å². The number of benzene rings is 1. The summed E-state index contributed by atoms with van der Waals surface area (Å²) in [6.45, 7) is 1.99. The van der Waals surface area contributed by atoms with Gasteiger partial charge in [0.1, 0.15) is 0 Å². The summed E-state index contributed by atoms with van der Waals surface area (Å²) in [4.78, 5) is 6.19. The zero-order valence-corrected chi connectivity index (χ0v) is 10.1. The fraction of sp³-hybridized carbons (Fsp3) is 0.300. The van der Waals surface area contributed by atoms with E-state index in [0.717, 1.165) is 16.3 Å². The lowest BCUT2D eigenvalue weighted by molar-refractivity contribution is 0.643. The molecule has 78 valence electrons. The quantitative estimate of drug-likeness (QED) is 0.565. The van der Waals surface area contributed by atoms with Crippen molar-refractivity contribution in [1.29, 1.82) is 0 Å². The van der Waals surface area contributed by atoms with Gasteiger partial charge in [0.05, 0.1) is 12.0 Å². The van der Waals surface area contributed by atoms with Crippen LogP contribution in [0, 0.1) is 6.92 Å². The molecule has 0 aliphatic heterocycles. The topological polar surface area (TPSA) is 15.6 Å². The molecule has 14 heavy (non-hydrogen) atoms. The van der Waals surface area contributed by atoms with E-state index in [4.69, 9.17) is 11.6 Å². The van der Waals surface area contributed by atoms with Crippen LogP contribution < -0.4 is 0 Å². The van der Waals surface area contributed by atoms with Crippen LogP contribution >= 0.6 is 24.0 Å². The van der Waals surface area contributed by atoms with Gasteiger partial charge in [0.25, 0.3) is 0 Å². The number of aryl methyl sites for hydroxylation is 1. The molecule has 0 atom stereocenters. The van der Waals surface area contributed by atoms with Gasteiger partial charge in [-0.25, -0.2) is 4.99 Å². The molecule has 0 unspecified atom stereocenters. The van der Waals surface area contributed by atoms with Crippen molar-refractivity contribution >= 4 is 36.0 Å². The second-order valence-corrected chi connectivity index (χ2v) is 3.58. The molecule has 0 aromatic heterocycles. The lowest BCUT2D eigenvalue weighted by Gasteiger charge is -2.04. The van der Waals surface area contributed by atoms with E-state index in [-0.39, 0.29) is 12.4 Å². The summed E-state index contributed by atoms with van der Waals surface area (Å²) in [5, 5.41) is 0.751. The van der Waals surface area contributed by atoms with Gasteiger partial charge in [-0.3, -0.25) is 0 Å². The number of hydrogen-bond acceptors (Lipinski definition) is 1. The lowest BCUT2D eigenvalue weighted by atomic mass is 10.2. The van der Waals surface area contributed by atoms with Gasteiger partial charge in [-0.05, 0) is 30.7 Å². The fourth-order valence-electron chi connectivity index (χ4n) is 0.941. The van der Waals surface area contributed by atoms with Crippen LogP contribution in [-0.2, 0) is 0 Å². The van der Waals surface area contributed by atoms with E-state index < -0.39 is 0 Å². The van der Waals surface area contributed by atoms with E-state index >= 15 is 0 Å². The normalized spacial score (nSPS) is 10.0. The summed E-state index contributed by atoms with van der Waals surface area (Å²) in [5.74, 6) is 0. The maximum Gasteiger partial charge on any atom is 0.0907 e. The largest absolute Gasteiger partial charge is 0.369 e. The molecule has 1 aromatic rings. The fourth-order valence-corrected chi connectivity index (χ4v) is 1.17. The molecule has 0 saturated heterocycles. The minimum atomic E-state index is 0. The molecule has 0 spiro atoms. The van der Waals surface area contributed by atoms with E-state index in [1.54, 1.807) is 6.34 Å². The van der Waals surface area contributed by atoms with Crippen LogP contribution in [0.5, 0.6) is 0 Å². The Morgan fingerprint density at radius 1 is 1.36 bits per heavy atom. The molecule has 0 saturated carbocycles. The van der Waals surface area contributed by atoms with E-state index in [1.165, 1.54) is 0 Å². The first-order valence-corrected chi connectivity index (χ1v) is 4.44. The summed E-state index contributed by atoms with van der Waals surface area (Å²) >= 11 is 5.82. The van der Waals surface area contributed by atoms with Crippen molar-refractivity contribution < 1.29 is 0 Å². The third kappa shape index (κ3) is 3.99. The third-order valence-electron chi connectivity index (χ3n) is 1.59. The molecule has 1 rings (SSSR count). The van der Waals surface area contributed by atoms with Crippen molar-refractivity contribution in [2.45, 2.75) is 6.92 Å². The molecule has 0 radical (unpaired) electrons. The summed E-state index contributed by atoms with van der Waals surface area (Å²) < 4.78 is 0. The summed E-state index contributed by atoms with van der Waals surface area (Å²) in [6, 6.07) is 5.67. The first-order valence-electron chi connectivity index (χ1n) is 4.06. The Hall–Kier alpha value is -0.730. The molecule has 0 amide bonds. The number of nitrogens with zero attached hydrogens (tertiary/aromatic N) is 2. The predicted octanol–water partition coefficient (Wildman–Crippen LogP) is 3.29. The number of aliphatic imine (C=N–C) groups is 1. The van der Waals surface area contributed by atoms with Gasteiger partial charge in [0.15, 0.2) is 0 Å². The predicted molar refractivity (Wildman–Crippen MR) is 65.3 cm³/mol. The van der Waals surface area contributed by atoms with Crippen LogP contribution in [0.2, 0.25) is 5.02 Å². The molecule has 0 aliphatic carbocycles. The average molecular weight is 233 g/mol. The molecule has 0 aliphatic rings. The zero-order valence-electron chi connectivity index (χ0n) is 8.49. The molecule has 2 nitrogen and oxygen atoms in total. The Kier molecular flexibility index (Phi) is 5.58. The molecular formula is C10H14Cl2N2. The van der Waals surface area contributed by atoms with Gasteiger partial charge in [-0.15, -0.1) is 12.4 Å². The molecule has 0 N–H and O–H groups in total. The second-order valence-electron chi connectivity index (χ2n) is 3.14. The molecule has 0 heterocycles. The van der Waals surface area contributed by atoms with Crippen LogP contribution in [0.25, 0.3) is 0 Å². The van der Waals surface area contributed by atoms with Crippen LogP contribution in [0.3, 0.4) is 0 Å². The van der Waals surface area contributed by atoms with E-state index in [2.05, 4.69) is 4.99 Å². The van der Waals surface area contributed by atoms with Crippen LogP contribution in [0.1, 0.15) is 5.56 Å². The van der Waals surface area contributed by atoms with E-state index in [9.17, 15) is 0 Å². The number of hydrogen-bond donors (Lipinski definition) is 0. The molecule has 1 aromatic carbocycles. The lowest BCUT2D eigenvalue weighted by Crippen LogP contribution is -2.07. The van der Waals surface area contributed by atoms with Crippen molar-refractivity contribution in [2.24, 2.45) is 4.99 Å². The van der Waals surface area contributed by atoms with Crippen LogP contribution in [0.4, 0.5) is 5.69 Å². The van der Waals surface area contributed by atoms with Crippen molar-refractivity contribution in [2.75, 3.05) is 14.1 Å². The second kappa shape index (κ2) is 5.89. The van der Waals surface area contributed by atoms with Crippen LogP contribution in [0.15, 0.2) is 23.2 Å². The number of rotatable bonds is 2. The highest BCUT2D eigenvalue weighted by Gasteiger charge is 1.95. The highest BCUT2D eigenvalue weighted by molar-refractivity contribution is 6.30. The Balaban J connectivity index is 0.00000169. The highest BCUT2D eigenvalue weighted by atomic mass is 35.5. The Bertz CT molecular complexity index is 322. The average Bonchev–Trinajstić information content (AvgIpc) is 2.02. The summed E-state index contributed by atoms with van der Waals surface area (Å²) in [6.07, 6.45) is 1.77. The smallest absolute Gasteiger partial charge is 0.0907 e. The van der Waals surface area contributed by atoms with Crippen molar-refractivity contribution in [3.63, 3.8) is 0 Å². The van der Waals surface area contributed by atoms with Gasteiger partial charge in [0.2, 0.25) is 0 Å². The Morgan fingerprint density at radius 3 is 2.50 bits per heavy atom. The Morgan fingerprint density at radius 2 is 2.00 bits per heavy atom. The molecular weight excluding hydrogens is 219 g/mol. The van der Waals surface area contributed by atoms with E-state index in [1.807, 2.05) is 44.1 Å². The standard InChI is InChI=1S/C10H13ClN2.ClH/c1-8-6-9(11)4-5-10(8)12-7-13(2)3;/h4-7H,1-3H3;1H/b12-7-;.